The maximum Gasteiger partial charge on any atom is 0.135 e. The van der Waals surface area contributed by atoms with E-state index in [1.54, 1.807) is 0 Å². The lowest BCUT2D eigenvalue weighted by molar-refractivity contribution is -0.122. The van der Waals surface area contributed by atoms with Gasteiger partial charge in [0.05, 0.1) is 6.10 Å². The Bertz CT molecular complexity index is 472. The predicted molar refractivity (Wildman–Crippen MR) is 91.9 cm³/mol. The van der Waals surface area contributed by atoms with Gasteiger partial charge in [-0.2, -0.15) is 0 Å². The van der Waals surface area contributed by atoms with E-state index in [0.717, 1.165) is 55.3 Å². The van der Waals surface area contributed by atoms with Crippen molar-refractivity contribution in [3.05, 3.63) is 0 Å². The zero-order chi connectivity index (χ0) is 16.2. The Morgan fingerprint density at radius 1 is 1.04 bits per heavy atom. The first-order valence-electron chi connectivity index (χ1n) is 10.3. The summed E-state index contributed by atoms with van der Waals surface area (Å²) < 4.78 is 0. The average Bonchev–Trinajstić information content (AvgIpc) is 2.75. The van der Waals surface area contributed by atoms with Crippen molar-refractivity contribution in [3.63, 3.8) is 0 Å². The molecule has 4 fully saturated rings. The smallest absolute Gasteiger partial charge is 0.135 e. The fraction of sp³-hybridized carbons (Fsp3) is 0.952. The van der Waals surface area contributed by atoms with E-state index in [0.29, 0.717) is 11.7 Å². The monoisotopic (exact) mass is 318 g/mol. The number of aliphatic hydroxyl groups excluding tert-OH is 1. The quantitative estimate of drug-likeness (QED) is 0.767. The van der Waals surface area contributed by atoms with Crippen LogP contribution >= 0.6 is 0 Å². The molecule has 2 heteroatoms. The lowest BCUT2D eigenvalue weighted by Gasteiger charge is -2.54. The van der Waals surface area contributed by atoms with Crippen LogP contribution in [0.25, 0.3) is 0 Å². The first-order valence-corrected chi connectivity index (χ1v) is 10.3. The number of carbonyl (C=O) groups is 1. The van der Waals surface area contributed by atoms with Crippen molar-refractivity contribution in [2.45, 2.75) is 84.2 Å². The molecule has 4 aliphatic rings. The lowest BCUT2D eigenvalue weighted by Crippen LogP contribution is -2.48. The van der Waals surface area contributed by atoms with Crippen molar-refractivity contribution < 1.29 is 9.90 Å². The van der Waals surface area contributed by atoms with Gasteiger partial charge in [-0.25, -0.2) is 0 Å². The molecule has 0 radical (unpaired) electrons. The number of carbonyl (C=O) groups excluding carboxylic acids is 1. The Kier molecular flexibility index (Phi) is 4.11. The molecule has 0 aliphatic heterocycles. The minimum atomic E-state index is -0.0636. The summed E-state index contributed by atoms with van der Waals surface area (Å²) in [6.45, 7) is 4.56. The van der Waals surface area contributed by atoms with E-state index in [2.05, 4.69) is 13.8 Å². The standard InChI is InChI=1S/C21H34O2/c1-3-13-12-14-4-5-17-16(15(14)6-8-19(13)22)10-11-21(2)18(17)7-9-20(21)23/h13-18,20,23H,3-12H2,1-2H3/t13?,14-,15+,16-,17-,18+,20+,21+/m1/s1. The van der Waals surface area contributed by atoms with Crippen molar-refractivity contribution in [1.82, 2.24) is 0 Å². The number of Topliss-reactive ketones (excluding diaryl/α,β-unsaturated/α-hetero) is 1. The van der Waals surface area contributed by atoms with Crippen molar-refractivity contribution >= 4 is 5.78 Å². The van der Waals surface area contributed by atoms with Crippen molar-refractivity contribution in [2.75, 3.05) is 0 Å². The average molecular weight is 319 g/mol. The Morgan fingerprint density at radius 2 is 1.87 bits per heavy atom. The second-order valence-corrected chi connectivity index (χ2v) is 9.42. The van der Waals surface area contributed by atoms with Gasteiger partial charge in [0.2, 0.25) is 0 Å². The van der Waals surface area contributed by atoms with Crippen LogP contribution < -0.4 is 0 Å². The maximum atomic E-state index is 12.4. The number of ketones is 1. The van der Waals surface area contributed by atoms with Crippen LogP contribution in [0.1, 0.15) is 78.1 Å². The summed E-state index contributed by atoms with van der Waals surface area (Å²) in [6.07, 6.45) is 11.7. The molecule has 8 atom stereocenters. The number of aliphatic hydroxyl groups is 1. The van der Waals surface area contributed by atoms with E-state index < -0.39 is 0 Å². The van der Waals surface area contributed by atoms with Crippen LogP contribution in [0, 0.1) is 40.9 Å². The van der Waals surface area contributed by atoms with Gasteiger partial charge in [0.25, 0.3) is 0 Å². The second kappa shape index (κ2) is 5.86. The molecule has 1 N–H and O–H groups in total. The number of fused-ring (bicyclic) bond motifs is 5. The van der Waals surface area contributed by atoms with Crippen LogP contribution in [0.15, 0.2) is 0 Å². The third-order valence-electron chi connectivity index (χ3n) is 8.73. The van der Waals surface area contributed by atoms with E-state index in [-0.39, 0.29) is 11.5 Å². The van der Waals surface area contributed by atoms with Gasteiger partial charge in [0.15, 0.2) is 0 Å². The van der Waals surface area contributed by atoms with Gasteiger partial charge in [-0.3, -0.25) is 4.79 Å². The molecule has 0 bridgehead atoms. The molecule has 0 aromatic rings. The zero-order valence-corrected chi connectivity index (χ0v) is 15.0. The Morgan fingerprint density at radius 3 is 2.65 bits per heavy atom. The molecule has 4 rings (SSSR count). The van der Waals surface area contributed by atoms with Crippen LogP contribution in [0.4, 0.5) is 0 Å². The zero-order valence-electron chi connectivity index (χ0n) is 15.0. The fourth-order valence-corrected chi connectivity index (χ4v) is 7.35. The molecule has 2 nitrogen and oxygen atoms in total. The highest BCUT2D eigenvalue weighted by molar-refractivity contribution is 5.81. The first kappa shape index (κ1) is 16.1. The van der Waals surface area contributed by atoms with Gasteiger partial charge in [0, 0.05) is 12.3 Å². The third-order valence-corrected chi connectivity index (χ3v) is 8.73. The summed E-state index contributed by atoms with van der Waals surface area (Å²) in [5.74, 6) is 4.94. The molecule has 0 amide bonds. The largest absolute Gasteiger partial charge is 0.393 e. The molecule has 0 spiro atoms. The van der Waals surface area contributed by atoms with Crippen LogP contribution in [-0.4, -0.2) is 17.0 Å². The molecule has 4 saturated carbocycles. The summed E-state index contributed by atoms with van der Waals surface area (Å²) in [5, 5.41) is 10.5. The van der Waals surface area contributed by atoms with Crippen LogP contribution in [0.2, 0.25) is 0 Å². The summed E-state index contributed by atoms with van der Waals surface area (Å²) >= 11 is 0. The van der Waals surface area contributed by atoms with Gasteiger partial charge in [-0.1, -0.05) is 13.8 Å². The highest BCUT2D eigenvalue weighted by Crippen LogP contribution is 2.62. The van der Waals surface area contributed by atoms with E-state index >= 15 is 0 Å². The number of rotatable bonds is 1. The predicted octanol–water partition coefficient (Wildman–Crippen LogP) is 4.60. The van der Waals surface area contributed by atoms with Crippen molar-refractivity contribution in [1.29, 1.82) is 0 Å². The summed E-state index contributed by atoms with van der Waals surface area (Å²) in [6, 6.07) is 0. The fourth-order valence-electron chi connectivity index (χ4n) is 7.35. The van der Waals surface area contributed by atoms with E-state index in [9.17, 15) is 9.90 Å². The maximum absolute atomic E-state index is 12.4. The molecule has 0 saturated heterocycles. The van der Waals surface area contributed by atoms with Crippen LogP contribution in [0.3, 0.4) is 0 Å². The van der Waals surface area contributed by atoms with Crippen molar-refractivity contribution in [2.24, 2.45) is 40.9 Å². The third kappa shape index (κ3) is 2.42. The summed E-state index contributed by atoms with van der Waals surface area (Å²) in [4.78, 5) is 12.4. The highest BCUT2D eigenvalue weighted by atomic mass is 16.3. The van der Waals surface area contributed by atoms with E-state index in [4.69, 9.17) is 0 Å². The Labute approximate surface area is 141 Å². The Hall–Kier alpha value is -0.370. The minimum absolute atomic E-state index is 0.0636. The molecule has 4 aliphatic carbocycles. The van der Waals surface area contributed by atoms with Crippen LogP contribution in [-0.2, 0) is 4.79 Å². The molecule has 0 heterocycles. The van der Waals surface area contributed by atoms with Gasteiger partial charge < -0.3 is 5.11 Å². The Balaban J connectivity index is 1.56. The van der Waals surface area contributed by atoms with Gasteiger partial charge in [-0.15, -0.1) is 0 Å². The second-order valence-electron chi connectivity index (χ2n) is 9.42. The molecule has 0 aromatic heterocycles. The normalized spacial score (nSPS) is 53.2. The van der Waals surface area contributed by atoms with Gasteiger partial charge >= 0.3 is 0 Å². The van der Waals surface area contributed by atoms with E-state index in [1.807, 2.05) is 0 Å². The molecule has 1 unspecified atom stereocenters. The van der Waals surface area contributed by atoms with Gasteiger partial charge in [-0.05, 0) is 92.8 Å². The minimum Gasteiger partial charge on any atom is -0.393 e. The number of hydrogen-bond donors (Lipinski definition) is 1. The molecular weight excluding hydrogens is 284 g/mol. The SMILES string of the molecule is CCC1C[C@H]2CC[C@@H]3[C@H](CC[C@]4(C)[C@@H](O)CC[C@@H]34)[C@H]2CCC1=O. The highest BCUT2D eigenvalue weighted by Gasteiger charge is 2.56. The molecule has 0 aromatic carbocycles. The lowest BCUT2D eigenvalue weighted by atomic mass is 9.51. The van der Waals surface area contributed by atoms with Crippen molar-refractivity contribution in [3.8, 4) is 0 Å². The topological polar surface area (TPSA) is 37.3 Å². The number of hydrogen-bond acceptors (Lipinski definition) is 2. The molecule has 130 valence electrons. The summed E-state index contributed by atoms with van der Waals surface area (Å²) in [5.41, 5.74) is 0.195. The van der Waals surface area contributed by atoms with Crippen LogP contribution in [0.5, 0.6) is 0 Å². The first-order chi connectivity index (χ1) is 11.0. The van der Waals surface area contributed by atoms with E-state index in [1.165, 1.54) is 38.5 Å². The van der Waals surface area contributed by atoms with Gasteiger partial charge in [0.1, 0.15) is 5.78 Å². The molecular formula is C21H34O2. The summed E-state index contributed by atoms with van der Waals surface area (Å²) in [7, 11) is 0. The molecule has 23 heavy (non-hydrogen) atoms.